The lowest BCUT2D eigenvalue weighted by Crippen LogP contribution is -2.50. The third-order valence-corrected chi connectivity index (χ3v) is 4.95. The summed E-state index contributed by atoms with van der Waals surface area (Å²) in [5, 5.41) is 0. The van der Waals surface area contributed by atoms with Crippen LogP contribution < -0.4 is 0 Å². The molecule has 3 nitrogen and oxygen atoms in total. The summed E-state index contributed by atoms with van der Waals surface area (Å²) >= 11 is 0. The van der Waals surface area contributed by atoms with E-state index in [-0.39, 0.29) is 5.41 Å². The van der Waals surface area contributed by atoms with Gasteiger partial charge in [-0.3, -0.25) is 0 Å². The maximum absolute atomic E-state index is 11.3. The van der Waals surface area contributed by atoms with Crippen molar-refractivity contribution in [2.75, 3.05) is 19.3 Å². The maximum Gasteiger partial charge on any atom is 0.211 e. The molecule has 0 bridgehead atoms. The van der Waals surface area contributed by atoms with Crippen LogP contribution in [0.4, 0.5) is 0 Å². The van der Waals surface area contributed by atoms with E-state index in [0.717, 1.165) is 6.42 Å². The molecule has 1 aliphatic heterocycles. The summed E-state index contributed by atoms with van der Waals surface area (Å²) in [7, 11) is -2.99. The highest BCUT2D eigenvalue weighted by Crippen LogP contribution is 2.26. The normalized spacial score (nSPS) is 18.3. The van der Waals surface area contributed by atoms with Crippen molar-refractivity contribution < 1.29 is 8.42 Å². The van der Waals surface area contributed by atoms with E-state index in [1.165, 1.54) is 17.4 Å². The van der Waals surface area contributed by atoms with Gasteiger partial charge in [-0.05, 0) is 28.9 Å². The van der Waals surface area contributed by atoms with Crippen LogP contribution in [0.3, 0.4) is 0 Å². The molecule has 0 unspecified atom stereocenters. The first kappa shape index (κ1) is 14.5. The first-order valence-electron chi connectivity index (χ1n) is 6.71. The molecule has 0 N–H and O–H groups in total. The average molecular weight is 281 g/mol. The Hall–Kier alpha value is -0.870. The summed E-state index contributed by atoms with van der Waals surface area (Å²) in [6.07, 6.45) is 2.25. The predicted octanol–water partition coefficient (Wildman–Crippen LogP) is 2.42. The number of rotatable bonds is 3. The molecular weight excluding hydrogens is 258 g/mol. The van der Waals surface area contributed by atoms with Crippen LogP contribution in [0.25, 0.3) is 0 Å². The lowest BCUT2D eigenvalue weighted by Gasteiger charge is -2.37. The summed E-state index contributed by atoms with van der Waals surface area (Å²) in [5.41, 5.74) is 2.81. The fraction of sp³-hybridized carbons (Fsp3) is 0.600. The van der Waals surface area contributed by atoms with Gasteiger partial charge in [-0.2, -0.15) is 0 Å². The average Bonchev–Trinajstić information content (AvgIpc) is 2.20. The van der Waals surface area contributed by atoms with Gasteiger partial charge in [0.15, 0.2) is 0 Å². The van der Waals surface area contributed by atoms with Crippen molar-refractivity contribution in [1.82, 2.24) is 4.31 Å². The van der Waals surface area contributed by atoms with Gasteiger partial charge in [0.25, 0.3) is 0 Å². The van der Waals surface area contributed by atoms with Crippen molar-refractivity contribution in [3.05, 3.63) is 35.4 Å². The van der Waals surface area contributed by atoms with Gasteiger partial charge in [-0.25, -0.2) is 12.7 Å². The molecule has 1 aromatic rings. The SMILES string of the molecule is CC(C)(C)c1cccc(CC2CN(S(C)(=O)=O)C2)c1. The van der Waals surface area contributed by atoms with Gasteiger partial charge < -0.3 is 0 Å². The van der Waals surface area contributed by atoms with Crippen molar-refractivity contribution in [3.63, 3.8) is 0 Å². The minimum atomic E-state index is -2.99. The van der Waals surface area contributed by atoms with Crippen LogP contribution in [0.2, 0.25) is 0 Å². The zero-order valence-corrected chi connectivity index (χ0v) is 13.0. The van der Waals surface area contributed by atoms with E-state index in [1.54, 1.807) is 4.31 Å². The van der Waals surface area contributed by atoms with Crippen molar-refractivity contribution >= 4 is 10.0 Å². The van der Waals surface area contributed by atoms with E-state index in [9.17, 15) is 8.42 Å². The molecular formula is C15H23NO2S. The second kappa shape index (κ2) is 4.91. The van der Waals surface area contributed by atoms with Crippen molar-refractivity contribution in [2.24, 2.45) is 5.92 Å². The summed E-state index contributed by atoms with van der Waals surface area (Å²) in [4.78, 5) is 0. The lowest BCUT2D eigenvalue weighted by molar-refractivity contribution is 0.201. The van der Waals surface area contributed by atoms with Gasteiger partial charge >= 0.3 is 0 Å². The zero-order chi connectivity index (χ0) is 14.3. The molecule has 0 amide bonds. The predicted molar refractivity (Wildman–Crippen MR) is 78.8 cm³/mol. The van der Waals surface area contributed by atoms with Crippen LogP contribution >= 0.6 is 0 Å². The molecule has 0 spiro atoms. The maximum atomic E-state index is 11.3. The first-order valence-corrected chi connectivity index (χ1v) is 8.55. The Morgan fingerprint density at radius 3 is 2.42 bits per heavy atom. The lowest BCUT2D eigenvalue weighted by atomic mass is 9.84. The minimum absolute atomic E-state index is 0.161. The van der Waals surface area contributed by atoms with Crippen LogP contribution in [0.1, 0.15) is 31.9 Å². The monoisotopic (exact) mass is 281 g/mol. The molecule has 0 aromatic heterocycles. The molecule has 0 radical (unpaired) electrons. The standard InChI is InChI=1S/C15H23NO2S/c1-15(2,3)14-7-5-6-12(9-14)8-13-10-16(11-13)19(4,17)18/h5-7,9,13H,8,10-11H2,1-4H3. The summed E-state index contributed by atoms with van der Waals surface area (Å²) in [6, 6.07) is 8.65. The molecule has 1 heterocycles. The number of benzene rings is 1. The summed E-state index contributed by atoms with van der Waals surface area (Å²) in [5.74, 6) is 0.463. The smallest absolute Gasteiger partial charge is 0.211 e. The number of hydrogen-bond donors (Lipinski definition) is 0. The largest absolute Gasteiger partial charge is 0.213 e. The highest BCUT2D eigenvalue weighted by molar-refractivity contribution is 7.88. The van der Waals surface area contributed by atoms with Crippen LogP contribution in [-0.2, 0) is 21.9 Å². The molecule has 1 aliphatic rings. The quantitative estimate of drug-likeness (QED) is 0.853. The van der Waals surface area contributed by atoms with Gasteiger partial charge in [0, 0.05) is 13.1 Å². The highest BCUT2D eigenvalue weighted by atomic mass is 32.2. The third-order valence-electron chi connectivity index (χ3n) is 3.71. The van der Waals surface area contributed by atoms with Gasteiger partial charge in [0.1, 0.15) is 0 Å². The van der Waals surface area contributed by atoms with E-state index in [0.29, 0.717) is 19.0 Å². The van der Waals surface area contributed by atoms with E-state index < -0.39 is 10.0 Å². The number of hydrogen-bond acceptors (Lipinski definition) is 2. The number of sulfonamides is 1. The van der Waals surface area contributed by atoms with Gasteiger partial charge in [0.05, 0.1) is 6.26 Å². The van der Waals surface area contributed by atoms with Crippen molar-refractivity contribution in [2.45, 2.75) is 32.6 Å². The summed E-state index contributed by atoms with van der Waals surface area (Å²) < 4.78 is 24.2. The van der Waals surface area contributed by atoms with Gasteiger partial charge in [-0.1, -0.05) is 45.0 Å². The van der Waals surface area contributed by atoms with Crippen LogP contribution in [0, 0.1) is 5.92 Å². The summed E-state index contributed by atoms with van der Waals surface area (Å²) in [6.45, 7) is 7.96. The fourth-order valence-electron chi connectivity index (χ4n) is 2.42. The third kappa shape index (κ3) is 3.57. The molecule has 19 heavy (non-hydrogen) atoms. The Balaban J connectivity index is 1.99. The molecule has 106 valence electrons. The molecule has 1 saturated heterocycles. The van der Waals surface area contributed by atoms with Crippen LogP contribution in [0.15, 0.2) is 24.3 Å². The second-order valence-corrected chi connectivity index (χ2v) is 8.58. The van der Waals surface area contributed by atoms with Gasteiger partial charge in [0.2, 0.25) is 10.0 Å². The molecule has 2 rings (SSSR count). The molecule has 0 aliphatic carbocycles. The highest BCUT2D eigenvalue weighted by Gasteiger charge is 2.32. The molecule has 0 saturated carbocycles. The molecule has 1 aromatic carbocycles. The molecule has 1 fully saturated rings. The zero-order valence-electron chi connectivity index (χ0n) is 12.2. The molecule has 0 atom stereocenters. The Labute approximate surface area is 116 Å². The Morgan fingerprint density at radius 2 is 1.89 bits per heavy atom. The van der Waals surface area contributed by atoms with E-state index in [1.807, 2.05) is 0 Å². The molecule has 4 heteroatoms. The van der Waals surface area contributed by atoms with Crippen LogP contribution in [-0.4, -0.2) is 32.1 Å². The van der Waals surface area contributed by atoms with E-state index >= 15 is 0 Å². The van der Waals surface area contributed by atoms with Crippen molar-refractivity contribution in [1.29, 1.82) is 0 Å². The minimum Gasteiger partial charge on any atom is -0.213 e. The Morgan fingerprint density at radius 1 is 1.26 bits per heavy atom. The van der Waals surface area contributed by atoms with Crippen molar-refractivity contribution in [3.8, 4) is 0 Å². The fourth-order valence-corrected chi connectivity index (χ4v) is 3.38. The van der Waals surface area contributed by atoms with Crippen LogP contribution in [0.5, 0.6) is 0 Å². The Kier molecular flexibility index (Phi) is 3.76. The first-order chi connectivity index (χ1) is 8.66. The van der Waals surface area contributed by atoms with E-state index in [4.69, 9.17) is 0 Å². The second-order valence-electron chi connectivity index (χ2n) is 6.60. The van der Waals surface area contributed by atoms with Gasteiger partial charge in [-0.15, -0.1) is 0 Å². The topological polar surface area (TPSA) is 37.4 Å². The Bertz CT molecular complexity index is 552. The van der Waals surface area contributed by atoms with E-state index in [2.05, 4.69) is 45.0 Å². The number of nitrogens with zero attached hydrogens (tertiary/aromatic N) is 1.